The lowest BCUT2D eigenvalue weighted by atomic mass is 9.97. The van der Waals surface area contributed by atoms with Crippen LogP contribution in [0.1, 0.15) is 21.5 Å². The van der Waals surface area contributed by atoms with Crippen molar-refractivity contribution >= 4 is 40.4 Å². The fourth-order valence-corrected chi connectivity index (χ4v) is 4.34. The van der Waals surface area contributed by atoms with Crippen LogP contribution in [0.15, 0.2) is 72.4 Å². The molecule has 0 aromatic heterocycles. The number of piperazine rings is 1. The number of hydrogen-bond acceptors (Lipinski definition) is 5. The molecule has 0 spiro atoms. The monoisotopic (exact) mass is 490 g/mol. The molecule has 0 radical (unpaired) electrons. The van der Waals surface area contributed by atoms with Gasteiger partial charge in [-0.05, 0) is 34.5 Å². The van der Waals surface area contributed by atoms with E-state index in [4.69, 9.17) is 11.6 Å². The Kier molecular flexibility index (Phi) is 7.80. The molecule has 180 valence electrons. The first-order chi connectivity index (χ1) is 17.0. The van der Waals surface area contributed by atoms with Crippen molar-refractivity contribution in [2.24, 2.45) is 5.10 Å². The van der Waals surface area contributed by atoms with Gasteiger partial charge in [-0.2, -0.15) is 5.10 Å². The van der Waals surface area contributed by atoms with Crippen molar-refractivity contribution in [3.05, 3.63) is 89.0 Å². The van der Waals surface area contributed by atoms with Gasteiger partial charge in [0.05, 0.1) is 17.7 Å². The van der Waals surface area contributed by atoms with Crippen LogP contribution >= 0.6 is 11.6 Å². The Balaban J connectivity index is 1.45. The topological polar surface area (TPSA) is 85.2 Å². The summed E-state index contributed by atoms with van der Waals surface area (Å²) in [5.74, 6) is -0.413. The number of carbonyl (C=O) groups is 2. The summed E-state index contributed by atoms with van der Waals surface area (Å²) in [6, 6.07) is 15.9. The van der Waals surface area contributed by atoms with Crippen molar-refractivity contribution < 1.29 is 14.7 Å². The lowest BCUT2D eigenvalue weighted by Gasteiger charge is -2.34. The molecule has 3 aromatic carbocycles. The number of hydrazone groups is 1. The van der Waals surface area contributed by atoms with Crippen molar-refractivity contribution in [3.8, 4) is 5.75 Å². The molecule has 0 aliphatic carbocycles. The Morgan fingerprint density at radius 3 is 2.51 bits per heavy atom. The van der Waals surface area contributed by atoms with Gasteiger partial charge in [0, 0.05) is 43.9 Å². The lowest BCUT2D eigenvalue weighted by molar-refractivity contribution is -0.132. The van der Waals surface area contributed by atoms with Gasteiger partial charge in [0.2, 0.25) is 5.91 Å². The zero-order valence-electron chi connectivity index (χ0n) is 19.3. The second-order valence-electron chi connectivity index (χ2n) is 8.37. The van der Waals surface area contributed by atoms with Crippen LogP contribution in [0.4, 0.5) is 0 Å². The van der Waals surface area contributed by atoms with E-state index in [1.165, 1.54) is 18.2 Å². The Morgan fingerprint density at radius 1 is 1.06 bits per heavy atom. The molecular formula is C27H27ClN4O3. The number of halogens is 1. The van der Waals surface area contributed by atoms with E-state index in [9.17, 15) is 14.7 Å². The van der Waals surface area contributed by atoms with Gasteiger partial charge < -0.3 is 10.0 Å². The molecule has 0 atom stereocenters. The fourth-order valence-electron chi connectivity index (χ4n) is 4.16. The highest BCUT2D eigenvalue weighted by Gasteiger charge is 2.21. The zero-order valence-corrected chi connectivity index (χ0v) is 20.0. The number of hydrogen-bond donors (Lipinski definition) is 2. The van der Waals surface area contributed by atoms with Gasteiger partial charge in [-0.1, -0.05) is 54.1 Å². The molecule has 1 saturated heterocycles. The highest BCUT2D eigenvalue weighted by atomic mass is 35.5. The molecule has 2 N–H and O–H groups in total. The number of carbonyl (C=O) groups excluding carboxylic acids is 2. The minimum atomic E-state index is -0.442. The molecule has 35 heavy (non-hydrogen) atoms. The molecule has 8 heteroatoms. The highest BCUT2D eigenvalue weighted by Crippen LogP contribution is 2.24. The number of nitrogens with one attached hydrogen (secondary N) is 1. The maximum atomic E-state index is 13.0. The third-order valence-corrected chi connectivity index (χ3v) is 6.38. The molecule has 1 fully saturated rings. The van der Waals surface area contributed by atoms with Crippen molar-refractivity contribution in [2.75, 3.05) is 32.7 Å². The first-order valence-electron chi connectivity index (χ1n) is 11.4. The summed E-state index contributed by atoms with van der Waals surface area (Å²) in [7, 11) is 0. The average Bonchev–Trinajstić information content (AvgIpc) is 2.87. The van der Waals surface area contributed by atoms with Gasteiger partial charge in [0.15, 0.2) is 0 Å². The van der Waals surface area contributed by atoms with Crippen LogP contribution in [-0.2, 0) is 11.2 Å². The zero-order chi connectivity index (χ0) is 24.8. The minimum Gasteiger partial charge on any atom is -0.506 e. The van der Waals surface area contributed by atoms with Crippen LogP contribution in [-0.4, -0.2) is 65.7 Å². The lowest BCUT2D eigenvalue weighted by Crippen LogP contribution is -2.49. The molecule has 1 heterocycles. The van der Waals surface area contributed by atoms with E-state index >= 15 is 0 Å². The predicted octanol–water partition coefficient (Wildman–Crippen LogP) is 3.84. The van der Waals surface area contributed by atoms with Crippen LogP contribution in [0.25, 0.3) is 10.8 Å². The Bertz CT molecular complexity index is 1280. The fraction of sp³-hybridized carbons (Fsp3) is 0.222. The smallest absolute Gasteiger partial charge is 0.271 e. The number of rotatable bonds is 7. The summed E-state index contributed by atoms with van der Waals surface area (Å²) in [6.45, 7) is 7.79. The second-order valence-corrected chi connectivity index (χ2v) is 8.78. The van der Waals surface area contributed by atoms with E-state index < -0.39 is 5.91 Å². The van der Waals surface area contributed by atoms with Crippen LogP contribution in [0.5, 0.6) is 5.75 Å². The van der Waals surface area contributed by atoms with E-state index in [-0.39, 0.29) is 22.2 Å². The first kappa shape index (κ1) is 24.4. The quantitative estimate of drug-likeness (QED) is 0.299. The largest absolute Gasteiger partial charge is 0.506 e. The van der Waals surface area contributed by atoms with E-state index in [1.54, 1.807) is 6.21 Å². The number of aromatic hydroxyl groups is 1. The number of amides is 2. The first-order valence-corrected chi connectivity index (χ1v) is 11.8. The molecule has 0 unspecified atom stereocenters. The number of fused-ring (bicyclic) bond motifs is 1. The predicted molar refractivity (Wildman–Crippen MR) is 139 cm³/mol. The van der Waals surface area contributed by atoms with E-state index in [2.05, 4.69) is 22.0 Å². The average molecular weight is 491 g/mol. The SMILES string of the molecule is C=CCN1CCN(C(=O)Cc2ccc(/C=N/NC(=O)c3ccc(O)c(Cl)c3)c3ccccc23)CC1. The summed E-state index contributed by atoms with van der Waals surface area (Å²) in [5.41, 5.74) is 4.54. The molecule has 0 saturated carbocycles. The number of phenols is 1. The maximum Gasteiger partial charge on any atom is 0.271 e. The number of benzene rings is 3. The van der Waals surface area contributed by atoms with Crippen LogP contribution < -0.4 is 5.43 Å². The molecular weight excluding hydrogens is 464 g/mol. The second kappa shape index (κ2) is 11.2. The molecule has 3 aromatic rings. The summed E-state index contributed by atoms with van der Waals surface area (Å²) in [4.78, 5) is 29.5. The number of nitrogens with zero attached hydrogens (tertiary/aromatic N) is 3. The third kappa shape index (κ3) is 5.88. The molecule has 0 bridgehead atoms. The van der Waals surface area contributed by atoms with Crippen LogP contribution in [0.3, 0.4) is 0 Å². The molecule has 1 aliphatic rings. The Hall–Kier alpha value is -3.68. The van der Waals surface area contributed by atoms with Gasteiger partial charge in [0.25, 0.3) is 5.91 Å². The summed E-state index contributed by atoms with van der Waals surface area (Å²) >= 11 is 5.87. The molecule has 7 nitrogen and oxygen atoms in total. The normalized spacial score (nSPS) is 14.4. The van der Waals surface area contributed by atoms with Crippen LogP contribution in [0, 0.1) is 0 Å². The van der Waals surface area contributed by atoms with E-state index in [0.717, 1.165) is 54.6 Å². The standard InChI is InChI=1S/C27H27ClN4O3/c1-2-11-31-12-14-32(15-13-31)26(34)17-19-7-8-21(23-6-4-3-5-22(19)23)18-29-30-27(35)20-9-10-25(33)24(28)16-20/h2-10,16,18,33H,1,11-15,17H2,(H,30,35)/b29-18+. The minimum absolute atomic E-state index is 0.0910. The van der Waals surface area contributed by atoms with Crippen molar-refractivity contribution in [2.45, 2.75) is 6.42 Å². The van der Waals surface area contributed by atoms with Crippen molar-refractivity contribution in [3.63, 3.8) is 0 Å². The highest BCUT2D eigenvalue weighted by molar-refractivity contribution is 6.32. The van der Waals surface area contributed by atoms with Gasteiger partial charge in [0.1, 0.15) is 5.75 Å². The van der Waals surface area contributed by atoms with Crippen LogP contribution in [0.2, 0.25) is 5.02 Å². The summed E-state index contributed by atoms with van der Waals surface area (Å²) in [6.07, 6.45) is 3.80. The summed E-state index contributed by atoms with van der Waals surface area (Å²) in [5, 5.41) is 15.6. The Labute approximate surface area is 209 Å². The van der Waals surface area contributed by atoms with E-state index in [0.29, 0.717) is 6.42 Å². The van der Waals surface area contributed by atoms with E-state index in [1.807, 2.05) is 47.4 Å². The van der Waals surface area contributed by atoms with Gasteiger partial charge in [-0.15, -0.1) is 6.58 Å². The summed E-state index contributed by atoms with van der Waals surface area (Å²) < 4.78 is 0. The maximum absolute atomic E-state index is 13.0. The van der Waals surface area contributed by atoms with Crippen molar-refractivity contribution in [1.82, 2.24) is 15.2 Å². The van der Waals surface area contributed by atoms with Gasteiger partial charge in [-0.25, -0.2) is 5.43 Å². The van der Waals surface area contributed by atoms with Gasteiger partial charge >= 0.3 is 0 Å². The molecule has 4 rings (SSSR count). The Morgan fingerprint density at radius 2 is 1.80 bits per heavy atom. The molecule has 2 amide bonds. The number of phenolic OH excluding ortho intramolecular Hbond substituents is 1. The van der Waals surface area contributed by atoms with Gasteiger partial charge in [-0.3, -0.25) is 14.5 Å². The third-order valence-electron chi connectivity index (χ3n) is 6.08. The van der Waals surface area contributed by atoms with Crippen molar-refractivity contribution in [1.29, 1.82) is 0 Å². The molecule has 1 aliphatic heterocycles.